The van der Waals surface area contributed by atoms with Gasteiger partial charge in [0.1, 0.15) is 16.4 Å². The Morgan fingerprint density at radius 1 is 0.968 bits per heavy atom. The summed E-state index contributed by atoms with van der Waals surface area (Å²) in [5.74, 6) is 0.642. The van der Waals surface area contributed by atoms with Gasteiger partial charge < -0.3 is 14.8 Å². The predicted octanol–water partition coefficient (Wildman–Crippen LogP) is 3.91. The third-order valence-corrected chi connectivity index (χ3v) is 6.36. The van der Waals surface area contributed by atoms with Crippen LogP contribution in [0.2, 0.25) is 0 Å². The van der Waals surface area contributed by atoms with E-state index in [-0.39, 0.29) is 34.1 Å². The lowest BCUT2D eigenvalue weighted by Crippen LogP contribution is -2.40. The first-order chi connectivity index (χ1) is 14.4. The Hall–Kier alpha value is -2.58. The second-order valence-electron chi connectivity index (χ2n) is 8.69. The van der Waals surface area contributed by atoms with Crippen LogP contribution in [0.25, 0.3) is 0 Å². The van der Waals surface area contributed by atoms with Crippen LogP contribution < -0.4 is 19.5 Å². The highest BCUT2D eigenvalue weighted by atomic mass is 32.2. The van der Waals surface area contributed by atoms with Gasteiger partial charge in [0.2, 0.25) is 10.0 Å². The maximum atomic E-state index is 13.0. The van der Waals surface area contributed by atoms with E-state index in [1.54, 1.807) is 33.9 Å². The van der Waals surface area contributed by atoms with E-state index >= 15 is 0 Å². The molecule has 0 aliphatic carbocycles. The molecule has 0 bridgehead atoms. The first kappa shape index (κ1) is 24.7. The lowest BCUT2D eigenvalue weighted by molar-refractivity contribution is 0.0925. The van der Waals surface area contributed by atoms with Crippen LogP contribution in [-0.4, -0.2) is 34.1 Å². The van der Waals surface area contributed by atoms with E-state index in [0.717, 1.165) is 11.3 Å². The third kappa shape index (κ3) is 6.45. The van der Waals surface area contributed by atoms with E-state index < -0.39 is 15.6 Å². The highest BCUT2D eigenvalue weighted by Gasteiger charge is 2.27. The highest BCUT2D eigenvalue weighted by molar-refractivity contribution is 7.89. The molecule has 0 fully saturated rings. The van der Waals surface area contributed by atoms with Gasteiger partial charge in [-0.3, -0.25) is 4.79 Å². The van der Waals surface area contributed by atoms with E-state index in [4.69, 9.17) is 9.47 Å². The molecule has 8 heteroatoms. The van der Waals surface area contributed by atoms with Gasteiger partial charge in [-0.2, -0.15) is 0 Å². The molecule has 0 aliphatic rings. The standard InChI is InChI=1S/C23H32N2O5S/c1-15(2)21(16-8-11-18(29-6)12-9-16)24-22(26)17-10-13-19(30-7)20(14-17)31(27,28)25-23(3,4)5/h8-15,21,25H,1-7H3,(H,24,26). The monoisotopic (exact) mass is 448 g/mol. The topological polar surface area (TPSA) is 93.7 Å². The Bertz CT molecular complexity index is 1010. The molecule has 1 atom stereocenters. The summed E-state index contributed by atoms with van der Waals surface area (Å²) in [6, 6.07) is 11.6. The molecule has 1 amide bonds. The summed E-state index contributed by atoms with van der Waals surface area (Å²) in [5.41, 5.74) is 0.480. The Labute approximate surface area is 185 Å². The molecule has 0 saturated heterocycles. The summed E-state index contributed by atoms with van der Waals surface area (Å²) in [6.45, 7) is 9.25. The van der Waals surface area contributed by atoms with Gasteiger partial charge in [-0.15, -0.1) is 0 Å². The summed E-state index contributed by atoms with van der Waals surface area (Å²) in [7, 11) is -0.900. The van der Waals surface area contributed by atoms with Gasteiger partial charge in [-0.05, 0) is 62.6 Å². The van der Waals surface area contributed by atoms with Gasteiger partial charge in [0.25, 0.3) is 5.91 Å². The number of hydrogen-bond acceptors (Lipinski definition) is 5. The Morgan fingerprint density at radius 3 is 2.06 bits per heavy atom. The highest BCUT2D eigenvalue weighted by Crippen LogP contribution is 2.28. The molecule has 0 saturated carbocycles. The average Bonchev–Trinajstić information content (AvgIpc) is 2.69. The molecular formula is C23H32N2O5S. The molecule has 2 aromatic rings. The lowest BCUT2D eigenvalue weighted by Gasteiger charge is -2.24. The van der Waals surface area contributed by atoms with Gasteiger partial charge in [0.15, 0.2) is 0 Å². The molecule has 0 spiro atoms. The van der Waals surface area contributed by atoms with Crippen molar-refractivity contribution >= 4 is 15.9 Å². The van der Waals surface area contributed by atoms with Crippen molar-refractivity contribution in [3.8, 4) is 11.5 Å². The molecule has 1 unspecified atom stereocenters. The fourth-order valence-electron chi connectivity index (χ4n) is 3.16. The van der Waals surface area contributed by atoms with Crippen LogP contribution in [0.15, 0.2) is 47.4 Å². The van der Waals surface area contributed by atoms with Crippen molar-refractivity contribution < 1.29 is 22.7 Å². The van der Waals surface area contributed by atoms with Crippen LogP contribution in [0.5, 0.6) is 11.5 Å². The van der Waals surface area contributed by atoms with Crippen molar-refractivity contribution in [2.45, 2.75) is 51.1 Å². The minimum absolute atomic E-state index is 0.0804. The number of hydrogen-bond donors (Lipinski definition) is 2. The van der Waals surface area contributed by atoms with Crippen LogP contribution in [0.4, 0.5) is 0 Å². The number of benzene rings is 2. The van der Waals surface area contributed by atoms with Gasteiger partial charge in [0.05, 0.1) is 20.3 Å². The largest absolute Gasteiger partial charge is 0.497 e. The average molecular weight is 449 g/mol. The minimum Gasteiger partial charge on any atom is -0.497 e. The van der Waals surface area contributed by atoms with E-state index in [0.29, 0.717) is 0 Å². The number of amides is 1. The molecule has 2 N–H and O–H groups in total. The van der Waals surface area contributed by atoms with E-state index in [1.807, 2.05) is 38.1 Å². The van der Waals surface area contributed by atoms with Gasteiger partial charge in [-0.25, -0.2) is 13.1 Å². The van der Waals surface area contributed by atoms with Crippen LogP contribution in [-0.2, 0) is 10.0 Å². The van der Waals surface area contributed by atoms with E-state index in [2.05, 4.69) is 10.0 Å². The van der Waals surface area contributed by atoms with Crippen LogP contribution in [0, 0.1) is 5.92 Å². The predicted molar refractivity (Wildman–Crippen MR) is 121 cm³/mol. The van der Waals surface area contributed by atoms with Crippen LogP contribution in [0.3, 0.4) is 0 Å². The first-order valence-electron chi connectivity index (χ1n) is 10.0. The quantitative estimate of drug-likeness (QED) is 0.639. The second-order valence-corrected chi connectivity index (χ2v) is 10.3. The van der Waals surface area contributed by atoms with Crippen molar-refractivity contribution in [1.29, 1.82) is 0 Å². The molecule has 170 valence electrons. The second kappa shape index (κ2) is 9.70. The van der Waals surface area contributed by atoms with Gasteiger partial charge in [-0.1, -0.05) is 26.0 Å². The molecule has 0 aromatic heterocycles. The minimum atomic E-state index is -3.89. The zero-order chi connectivity index (χ0) is 23.4. The SMILES string of the molecule is COc1ccc(C(NC(=O)c2ccc(OC)c(S(=O)(=O)NC(C)(C)C)c2)C(C)C)cc1. The lowest BCUT2D eigenvalue weighted by atomic mass is 9.95. The van der Waals surface area contributed by atoms with E-state index in [1.165, 1.54) is 19.2 Å². The summed E-state index contributed by atoms with van der Waals surface area (Å²) in [5, 5.41) is 3.02. The van der Waals surface area contributed by atoms with Crippen LogP contribution in [0.1, 0.15) is 56.6 Å². The van der Waals surface area contributed by atoms with E-state index in [9.17, 15) is 13.2 Å². The number of ether oxygens (including phenoxy) is 2. The molecule has 0 radical (unpaired) electrons. The number of sulfonamides is 1. The molecule has 0 aliphatic heterocycles. The Kier molecular flexibility index (Phi) is 7.72. The zero-order valence-corrected chi connectivity index (χ0v) is 20.0. The fourth-order valence-corrected chi connectivity index (χ4v) is 4.77. The summed E-state index contributed by atoms with van der Waals surface area (Å²) >= 11 is 0. The fraction of sp³-hybridized carbons (Fsp3) is 0.435. The molecule has 2 aromatic carbocycles. The number of methoxy groups -OCH3 is 2. The Morgan fingerprint density at radius 2 is 1.58 bits per heavy atom. The summed E-state index contributed by atoms with van der Waals surface area (Å²) < 4.78 is 38.8. The third-order valence-electron chi connectivity index (χ3n) is 4.58. The normalized spacial score (nSPS) is 13.0. The van der Waals surface area contributed by atoms with Crippen molar-refractivity contribution in [3.63, 3.8) is 0 Å². The summed E-state index contributed by atoms with van der Waals surface area (Å²) in [4.78, 5) is 12.9. The molecular weight excluding hydrogens is 416 g/mol. The number of carbonyl (C=O) groups is 1. The Balaban J connectivity index is 2.37. The summed E-state index contributed by atoms with van der Waals surface area (Å²) in [6.07, 6.45) is 0. The first-order valence-corrected chi connectivity index (χ1v) is 11.5. The molecule has 7 nitrogen and oxygen atoms in total. The number of carbonyl (C=O) groups excluding carboxylic acids is 1. The van der Waals surface area contributed by atoms with Crippen molar-refractivity contribution in [1.82, 2.24) is 10.0 Å². The smallest absolute Gasteiger partial charge is 0.251 e. The van der Waals surface area contributed by atoms with Crippen molar-refractivity contribution in [2.75, 3.05) is 14.2 Å². The van der Waals surface area contributed by atoms with Crippen molar-refractivity contribution in [2.24, 2.45) is 5.92 Å². The number of rotatable bonds is 8. The molecule has 0 heterocycles. The number of nitrogens with one attached hydrogen (secondary N) is 2. The van der Waals surface area contributed by atoms with Gasteiger partial charge >= 0.3 is 0 Å². The molecule has 31 heavy (non-hydrogen) atoms. The van der Waals surface area contributed by atoms with Crippen LogP contribution >= 0.6 is 0 Å². The van der Waals surface area contributed by atoms with Gasteiger partial charge in [0, 0.05) is 11.1 Å². The maximum Gasteiger partial charge on any atom is 0.251 e. The zero-order valence-electron chi connectivity index (χ0n) is 19.1. The maximum absolute atomic E-state index is 13.0. The molecule has 2 rings (SSSR count). The van der Waals surface area contributed by atoms with Crippen molar-refractivity contribution in [3.05, 3.63) is 53.6 Å².